The van der Waals surface area contributed by atoms with Gasteiger partial charge in [-0.05, 0) is 24.5 Å². The summed E-state index contributed by atoms with van der Waals surface area (Å²) in [6, 6.07) is 16.5. The first kappa shape index (κ1) is 14.7. The molecule has 0 N–H and O–H groups in total. The largest absolute Gasteiger partial charge is 0.456 e. The van der Waals surface area contributed by atoms with Crippen LogP contribution in [-0.4, -0.2) is 0 Å². The number of hydrogen-bond donors (Lipinski definition) is 0. The lowest BCUT2D eigenvalue weighted by Gasteiger charge is -2.26. The quantitative estimate of drug-likeness (QED) is 0.674. The number of hydrogen-bond acceptors (Lipinski definition) is 2. The molecule has 0 amide bonds. The van der Waals surface area contributed by atoms with Crippen molar-refractivity contribution in [2.45, 2.75) is 44.9 Å². The van der Waals surface area contributed by atoms with Gasteiger partial charge >= 0.3 is 0 Å². The van der Waals surface area contributed by atoms with Gasteiger partial charge in [-0.15, -0.1) is 0 Å². The molecule has 22 heavy (non-hydrogen) atoms. The van der Waals surface area contributed by atoms with E-state index in [0.29, 0.717) is 0 Å². The SMILES string of the molecule is CCCCCCc1cccc2c1Oc1ccccc1C2C#N. The van der Waals surface area contributed by atoms with E-state index in [1.807, 2.05) is 30.3 Å². The zero-order chi connectivity index (χ0) is 15.4. The van der Waals surface area contributed by atoms with Gasteiger partial charge in [-0.3, -0.25) is 0 Å². The summed E-state index contributed by atoms with van der Waals surface area (Å²) in [5.41, 5.74) is 3.21. The fourth-order valence-corrected chi connectivity index (χ4v) is 3.12. The minimum absolute atomic E-state index is 0.226. The van der Waals surface area contributed by atoms with E-state index in [0.717, 1.165) is 29.0 Å². The lowest BCUT2D eigenvalue weighted by atomic mass is 9.87. The normalized spacial score (nSPS) is 15.4. The molecule has 3 rings (SSSR count). The molecule has 0 radical (unpaired) electrons. The van der Waals surface area contributed by atoms with Crippen LogP contribution >= 0.6 is 0 Å². The van der Waals surface area contributed by atoms with Crippen molar-refractivity contribution < 1.29 is 4.74 Å². The number of nitriles is 1. The maximum Gasteiger partial charge on any atom is 0.135 e. The number of unbranched alkanes of at least 4 members (excludes halogenated alkanes) is 3. The van der Waals surface area contributed by atoms with E-state index >= 15 is 0 Å². The van der Waals surface area contributed by atoms with Crippen molar-refractivity contribution >= 4 is 0 Å². The second-order valence-corrected chi connectivity index (χ2v) is 5.85. The number of rotatable bonds is 5. The van der Waals surface area contributed by atoms with Crippen LogP contribution in [0.15, 0.2) is 42.5 Å². The number of para-hydroxylation sites is 2. The minimum atomic E-state index is -0.226. The lowest BCUT2D eigenvalue weighted by Crippen LogP contribution is -2.10. The zero-order valence-corrected chi connectivity index (χ0v) is 13.0. The summed E-state index contributed by atoms with van der Waals surface area (Å²) >= 11 is 0. The van der Waals surface area contributed by atoms with E-state index in [4.69, 9.17) is 4.74 Å². The highest BCUT2D eigenvalue weighted by atomic mass is 16.5. The van der Waals surface area contributed by atoms with Crippen LogP contribution in [0.1, 0.15) is 55.2 Å². The Morgan fingerprint density at radius 2 is 1.82 bits per heavy atom. The number of nitrogens with zero attached hydrogens (tertiary/aromatic N) is 1. The first-order valence-corrected chi connectivity index (χ1v) is 8.13. The van der Waals surface area contributed by atoms with Gasteiger partial charge < -0.3 is 4.74 Å². The fraction of sp³-hybridized carbons (Fsp3) is 0.350. The van der Waals surface area contributed by atoms with Gasteiger partial charge in [-0.25, -0.2) is 0 Å². The smallest absolute Gasteiger partial charge is 0.135 e. The monoisotopic (exact) mass is 291 g/mol. The van der Waals surface area contributed by atoms with Crippen LogP contribution < -0.4 is 4.74 Å². The van der Waals surface area contributed by atoms with Crippen LogP contribution in [0.5, 0.6) is 11.5 Å². The Morgan fingerprint density at radius 3 is 2.64 bits per heavy atom. The molecular weight excluding hydrogens is 270 g/mol. The molecule has 0 fully saturated rings. The molecule has 0 bridgehead atoms. The Bertz CT molecular complexity index is 699. The predicted octanol–water partition coefficient (Wildman–Crippen LogP) is 5.57. The van der Waals surface area contributed by atoms with Crippen molar-refractivity contribution in [3.05, 3.63) is 59.2 Å². The van der Waals surface area contributed by atoms with E-state index < -0.39 is 0 Å². The Balaban J connectivity index is 1.92. The van der Waals surface area contributed by atoms with E-state index in [-0.39, 0.29) is 5.92 Å². The van der Waals surface area contributed by atoms with Crippen LogP contribution in [0.3, 0.4) is 0 Å². The van der Waals surface area contributed by atoms with Crippen molar-refractivity contribution in [1.29, 1.82) is 5.26 Å². The van der Waals surface area contributed by atoms with Gasteiger partial charge in [0.2, 0.25) is 0 Å². The summed E-state index contributed by atoms with van der Waals surface area (Å²) in [6.45, 7) is 2.22. The number of fused-ring (bicyclic) bond motifs is 2. The highest BCUT2D eigenvalue weighted by Crippen LogP contribution is 2.45. The molecule has 0 aromatic heterocycles. The van der Waals surface area contributed by atoms with E-state index in [1.54, 1.807) is 0 Å². The van der Waals surface area contributed by atoms with Gasteiger partial charge in [0.1, 0.15) is 17.4 Å². The van der Waals surface area contributed by atoms with Crippen LogP contribution in [0.25, 0.3) is 0 Å². The molecule has 2 aromatic rings. The van der Waals surface area contributed by atoms with Crippen LogP contribution in [-0.2, 0) is 6.42 Å². The van der Waals surface area contributed by atoms with Gasteiger partial charge in [0.05, 0.1) is 6.07 Å². The maximum atomic E-state index is 9.62. The Morgan fingerprint density at radius 1 is 1.00 bits per heavy atom. The first-order chi connectivity index (χ1) is 10.8. The van der Waals surface area contributed by atoms with Crippen LogP contribution in [0.4, 0.5) is 0 Å². The second-order valence-electron chi connectivity index (χ2n) is 5.85. The molecule has 0 aliphatic carbocycles. The summed E-state index contributed by atoms with van der Waals surface area (Å²) in [5, 5.41) is 9.62. The number of benzene rings is 2. The van der Waals surface area contributed by atoms with Gasteiger partial charge in [0, 0.05) is 11.1 Å². The molecule has 1 unspecified atom stereocenters. The van der Waals surface area contributed by atoms with Crippen LogP contribution in [0.2, 0.25) is 0 Å². The standard InChI is InChI=1S/C20H21NO/c1-2-3-4-5-9-15-10-8-12-17-18(14-21)16-11-6-7-13-19(16)22-20(15)17/h6-8,10-13,18H,2-5,9H2,1H3. The second kappa shape index (κ2) is 6.66. The van der Waals surface area contributed by atoms with Crippen molar-refractivity contribution in [2.24, 2.45) is 0 Å². The highest BCUT2D eigenvalue weighted by Gasteiger charge is 2.28. The van der Waals surface area contributed by atoms with Gasteiger partial charge in [0.25, 0.3) is 0 Å². The third kappa shape index (κ3) is 2.72. The molecule has 1 aliphatic rings. The Kier molecular flexibility index (Phi) is 4.44. The van der Waals surface area contributed by atoms with E-state index in [2.05, 4.69) is 25.1 Å². The lowest BCUT2D eigenvalue weighted by molar-refractivity contribution is 0.447. The van der Waals surface area contributed by atoms with Gasteiger partial charge in [-0.1, -0.05) is 62.6 Å². The summed E-state index contributed by atoms with van der Waals surface area (Å²) in [6.07, 6.45) is 5.96. The van der Waals surface area contributed by atoms with E-state index in [9.17, 15) is 5.26 Å². The number of aryl methyl sites for hydroxylation is 1. The van der Waals surface area contributed by atoms with Crippen LogP contribution in [0, 0.1) is 11.3 Å². The average molecular weight is 291 g/mol. The Labute approximate surface area is 132 Å². The predicted molar refractivity (Wildman–Crippen MR) is 88.3 cm³/mol. The molecule has 0 saturated carbocycles. The molecule has 0 saturated heterocycles. The third-order valence-corrected chi connectivity index (χ3v) is 4.31. The van der Waals surface area contributed by atoms with Crippen molar-refractivity contribution in [1.82, 2.24) is 0 Å². The topological polar surface area (TPSA) is 33.0 Å². The molecule has 2 heteroatoms. The van der Waals surface area contributed by atoms with Gasteiger partial charge in [0.15, 0.2) is 0 Å². The summed E-state index contributed by atoms with van der Waals surface area (Å²) in [7, 11) is 0. The molecule has 112 valence electrons. The average Bonchev–Trinajstić information content (AvgIpc) is 2.56. The molecule has 2 aromatic carbocycles. The molecule has 0 spiro atoms. The summed E-state index contributed by atoms with van der Waals surface area (Å²) in [5.74, 6) is 1.50. The third-order valence-electron chi connectivity index (χ3n) is 4.31. The van der Waals surface area contributed by atoms with Crippen molar-refractivity contribution in [3.63, 3.8) is 0 Å². The Hall–Kier alpha value is -2.27. The molecule has 1 heterocycles. The molecule has 1 aliphatic heterocycles. The summed E-state index contributed by atoms with van der Waals surface area (Å²) in [4.78, 5) is 0. The maximum absolute atomic E-state index is 9.62. The van der Waals surface area contributed by atoms with Gasteiger partial charge in [-0.2, -0.15) is 5.26 Å². The molecule has 2 nitrogen and oxygen atoms in total. The first-order valence-electron chi connectivity index (χ1n) is 8.13. The fourth-order valence-electron chi connectivity index (χ4n) is 3.12. The highest BCUT2D eigenvalue weighted by molar-refractivity contribution is 5.58. The number of ether oxygens (including phenoxy) is 1. The minimum Gasteiger partial charge on any atom is -0.456 e. The summed E-state index contributed by atoms with van der Waals surface area (Å²) < 4.78 is 6.15. The molecule has 1 atom stereocenters. The van der Waals surface area contributed by atoms with E-state index in [1.165, 1.54) is 31.2 Å². The molecular formula is C20H21NO. The van der Waals surface area contributed by atoms with Crippen molar-refractivity contribution in [3.8, 4) is 17.6 Å². The van der Waals surface area contributed by atoms with Crippen molar-refractivity contribution in [2.75, 3.05) is 0 Å². The zero-order valence-electron chi connectivity index (χ0n) is 13.0.